The predicted octanol–water partition coefficient (Wildman–Crippen LogP) is 1.73. The van der Waals surface area contributed by atoms with E-state index in [0.717, 1.165) is 38.2 Å². The topological polar surface area (TPSA) is 63.1 Å². The van der Waals surface area contributed by atoms with Gasteiger partial charge in [-0.1, -0.05) is 23.4 Å². The Morgan fingerprint density at radius 3 is 2.70 bits per heavy atom. The second-order valence-corrected chi connectivity index (χ2v) is 6.01. The Labute approximate surface area is 136 Å². The molecule has 1 N–H and O–H groups in total. The molecule has 0 atom stereocenters. The van der Waals surface area contributed by atoms with Gasteiger partial charge < -0.3 is 10.2 Å². The molecule has 1 fully saturated rings. The first-order valence-electron chi connectivity index (χ1n) is 8.19. The molecule has 0 spiro atoms. The number of carbonyl (C=O) groups excluding carboxylic acids is 1. The van der Waals surface area contributed by atoms with Gasteiger partial charge in [-0.05, 0) is 50.9 Å². The van der Waals surface area contributed by atoms with Gasteiger partial charge in [0.05, 0.1) is 11.9 Å². The van der Waals surface area contributed by atoms with E-state index in [1.807, 2.05) is 42.3 Å². The van der Waals surface area contributed by atoms with Crippen LogP contribution in [0, 0.1) is 5.92 Å². The van der Waals surface area contributed by atoms with Crippen molar-refractivity contribution in [2.24, 2.45) is 5.92 Å². The van der Waals surface area contributed by atoms with Crippen molar-refractivity contribution in [2.75, 3.05) is 26.7 Å². The van der Waals surface area contributed by atoms with Crippen LogP contribution in [0.5, 0.6) is 0 Å². The number of amides is 1. The van der Waals surface area contributed by atoms with Crippen molar-refractivity contribution >= 4 is 5.91 Å². The second kappa shape index (κ2) is 7.37. The van der Waals surface area contributed by atoms with Gasteiger partial charge in [-0.15, -0.1) is 5.10 Å². The molecule has 23 heavy (non-hydrogen) atoms. The number of para-hydroxylation sites is 1. The zero-order chi connectivity index (χ0) is 16.1. The summed E-state index contributed by atoms with van der Waals surface area (Å²) in [6.07, 6.45) is 5.04. The molecule has 3 rings (SSSR count). The molecule has 1 amide bonds. The number of aromatic nitrogens is 3. The SMILES string of the molecule is CNCCC1CCN(C(=O)c2cn(-c3ccccc3)nn2)CC1. The van der Waals surface area contributed by atoms with Crippen molar-refractivity contribution in [1.29, 1.82) is 0 Å². The summed E-state index contributed by atoms with van der Waals surface area (Å²) in [6, 6.07) is 9.71. The number of hydrogen-bond acceptors (Lipinski definition) is 4. The van der Waals surface area contributed by atoms with Crippen molar-refractivity contribution < 1.29 is 4.79 Å². The summed E-state index contributed by atoms with van der Waals surface area (Å²) in [5.74, 6) is 0.700. The molecule has 2 aromatic rings. The highest BCUT2D eigenvalue weighted by Crippen LogP contribution is 2.21. The quantitative estimate of drug-likeness (QED) is 0.913. The van der Waals surface area contributed by atoms with Gasteiger partial charge >= 0.3 is 0 Å². The fraction of sp³-hybridized carbons (Fsp3) is 0.471. The monoisotopic (exact) mass is 313 g/mol. The summed E-state index contributed by atoms with van der Waals surface area (Å²) < 4.78 is 1.65. The minimum absolute atomic E-state index is 0.0146. The Morgan fingerprint density at radius 2 is 2.00 bits per heavy atom. The number of carbonyl (C=O) groups is 1. The fourth-order valence-corrected chi connectivity index (χ4v) is 3.00. The molecule has 0 radical (unpaired) electrons. The van der Waals surface area contributed by atoms with Crippen LogP contribution in [-0.4, -0.2) is 52.5 Å². The van der Waals surface area contributed by atoms with Crippen molar-refractivity contribution in [2.45, 2.75) is 19.3 Å². The second-order valence-electron chi connectivity index (χ2n) is 6.01. The van der Waals surface area contributed by atoms with E-state index in [0.29, 0.717) is 11.6 Å². The van der Waals surface area contributed by atoms with E-state index in [2.05, 4.69) is 15.6 Å². The van der Waals surface area contributed by atoms with Crippen LogP contribution < -0.4 is 5.32 Å². The summed E-state index contributed by atoms with van der Waals surface area (Å²) in [5, 5.41) is 11.3. The first kappa shape index (κ1) is 15.7. The number of likely N-dealkylation sites (tertiary alicyclic amines) is 1. The Balaban J connectivity index is 1.60. The molecule has 6 nitrogen and oxygen atoms in total. The highest BCUT2D eigenvalue weighted by Gasteiger charge is 2.25. The van der Waals surface area contributed by atoms with Crippen molar-refractivity contribution in [3.8, 4) is 5.69 Å². The maximum absolute atomic E-state index is 12.6. The zero-order valence-electron chi connectivity index (χ0n) is 13.5. The smallest absolute Gasteiger partial charge is 0.276 e. The largest absolute Gasteiger partial charge is 0.337 e. The van der Waals surface area contributed by atoms with Crippen LogP contribution in [0.25, 0.3) is 5.69 Å². The normalized spacial score (nSPS) is 15.8. The molecular weight excluding hydrogens is 290 g/mol. The predicted molar refractivity (Wildman–Crippen MR) is 88.5 cm³/mol. The van der Waals surface area contributed by atoms with Gasteiger partial charge in [0.25, 0.3) is 5.91 Å². The average Bonchev–Trinajstić information content (AvgIpc) is 3.11. The number of nitrogens with one attached hydrogen (secondary N) is 1. The Hall–Kier alpha value is -2.21. The molecule has 1 aliphatic rings. The van der Waals surface area contributed by atoms with Gasteiger partial charge in [0.15, 0.2) is 5.69 Å². The first-order valence-corrected chi connectivity index (χ1v) is 8.19. The molecule has 6 heteroatoms. The molecule has 1 aromatic carbocycles. The van der Waals surface area contributed by atoms with E-state index >= 15 is 0 Å². The number of hydrogen-bond donors (Lipinski definition) is 1. The third kappa shape index (κ3) is 3.76. The van der Waals surface area contributed by atoms with E-state index < -0.39 is 0 Å². The minimum Gasteiger partial charge on any atom is -0.337 e. The molecule has 1 saturated heterocycles. The van der Waals surface area contributed by atoms with Crippen LogP contribution in [0.4, 0.5) is 0 Å². The van der Waals surface area contributed by atoms with Gasteiger partial charge in [0, 0.05) is 13.1 Å². The lowest BCUT2D eigenvalue weighted by Crippen LogP contribution is -2.39. The summed E-state index contributed by atoms with van der Waals surface area (Å²) in [5.41, 5.74) is 1.33. The number of benzene rings is 1. The van der Waals surface area contributed by atoms with Crippen LogP contribution in [0.2, 0.25) is 0 Å². The lowest BCUT2D eigenvalue weighted by molar-refractivity contribution is 0.0681. The summed E-state index contributed by atoms with van der Waals surface area (Å²) >= 11 is 0. The Bertz CT molecular complexity index is 631. The van der Waals surface area contributed by atoms with Crippen LogP contribution in [0.1, 0.15) is 29.8 Å². The lowest BCUT2D eigenvalue weighted by atomic mass is 9.93. The average molecular weight is 313 g/mol. The van der Waals surface area contributed by atoms with Gasteiger partial charge in [-0.25, -0.2) is 4.68 Å². The van der Waals surface area contributed by atoms with Crippen molar-refractivity contribution in [3.05, 3.63) is 42.2 Å². The molecular formula is C17H23N5O. The van der Waals surface area contributed by atoms with Crippen LogP contribution in [0.15, 0.2) is 36.5 Å². The molecule has 0 bridgehead atoms. The Morgan fingerprint density at radius 1 is 1.26 bits per heavy atom. The lowest BCUT2D eigenvalue weighted by Gasteiger charge is -2.31. The van der Waals surface area contributed by atoms with E-state index in [-0.39, 0.29) is 5.91 Å². The summed E-state index contributed by atoms with van der Waals surface area (Å²) in [4.78, 5) is 14.5. The summed E-state index contributed by atoms with van der Waals surface area (Å²) in [6.45, 7) is 2.67. The first-order chi connectivity index (χ1) is 11.3. The van der Waals surface area contributed by atoms with Crippen LogP contribution >= 0.6 is 0 Å². The molecule has 1 aromatic heterocycles. The highest BCUT2D eigenvalue weighted by molar-refractivity contribution is 5.92. The van der Waals surface area contributed by atoms with E-state index in [1.165, 1.54) is 6.42 Å². The highest BCUT2D eigenvalue weighted by atomic mass is 16.2. The van der Waals surface area contributed by atoms with Gasteiger partial charge in [0.2, 0.25) is 0 Å². The van der Waals surface area contributed by atoms with Crippen LogP contribution in [-0.2, 0) is 0 Å². The number of rotatable bonds is 5. The molecule has 0 saturated carbocycles. The molecule has 2 heterocycles. The Kier molecular flexibility index (Phi) is 5.02. The van der Waals surface area contributed by atoms with Gasteiger partial charge in [-0.3, -0.25) is 4.79 Å². The zero-order valence-corrected chi connectivity index (χ0v) is 13.5. The maximum Gasteiger partial charge on any atom is 0.276 e. The van der Waals surface area contributed by atoms with E-state index in [9.17, 15) is 4.79 Å². The summed E-state index contributed by atoms with van der Waals surface area (Å²) in [7, 11) is 1.98. The third-order valence-electron chi connectivity index (χ3n) is 4.44. The van der Waals surface area contributed by atoms with Crippen LogP contribution in [0.3, 0.4) is 0 Å². The van der Waals surface area contributed by atoms with Gasteiger partial charge in [-0.2, -0.15) is 0 Å². The standard InChI is InChI=1S/C17H23N5O/c1-18-10-7-14-8-11-21(12-9-14)17(23)16-13-22(20-19-16)15-5-3-2-4-6-15/h2-6,13-14,18H,7-12H2,1H3. The molecule has 122 valence electrons. The van der Waals surface area contributed by atoms with E-state index in [4.69, 9.17) is 0 Å². The van der Waals surface area contributed by atoms with Crippen molar-refractivity contribution in [3.63, 3.8) is 0 Å². The maximum atomic E-state index is 12.6. The molecule has 0 unspecified atom stereocenters. The van der Waals surface area contributed by atoms with E-state index in [1.54, 1.807) is 10.9 Å². The number of piperidine rings is 1. The molecule has 1 aliphatic heterocycles. The van der Waals surface area contributed by atoms with Gasteiger partial charge in [0.1, 0.15) is 0 Å². The third-order valence-corrected chi connectivity index (χ3v) is 4.44. The minimum atomic E-state index is -0.0146. The molecule has 0 aliphatic carbocycles. The fourth-order valence-electron chi connectivity index (χ4n) is 3.00. The number of nitrogens with zero attached hydrogens (tertiary/aromatic N) is 4. The van der Waals surface area contributed by atoms with Crippen molar-refractivity contribution in [1.82, 2.24) is 25.2 Å².